The van der Waals surface area contributed by atoms with Gasteiger partial charge in [-0.1, -0.05) is 11.6 Å². The van der Waals surface area contributed by atoms with Gasteiger partial charge in [-0.3, -0.25) is 0 Å². The second-order valence-electron chi connectivity index (χ2n) is 2.00. The summed E-state index contributed by atoms with van der Waals surface area (Å²) >= 11 is 8.41. The fourth-order valence-electron chi connectivity index (χ4n) is 0.737. The Bertz CT molecular complexity index is 317. The Hall–Kier alpha value is -0.350. The third-order valence-corrected chi connectivity index (χ3v) is 2.20. The molecule has 0 saturated heterocycles. The van der Waals surface area contributed by atoms with Crippen LogP contribution in [-0.4, -0.2) is 7.11 Å². The molecule has 1 rings (SSSR count). The molecular weight excluding hydrogens is 253 g/mol. The highest BCUT2D eigenvalue weighted by molar-refractivity contribution is 9.10. The molecule has 12 heavy (non-hydrogen) atoms. The Labute approximate surface area is 81.4 Å². The summed E-state index contributed by atoms with van der Waals surface area (Å²) in [7, 11) is 1.32. The monoisotopic (exact) mass is 256 g/mol. The van der Waals surface area contributed by atoms with Crippen LogP contribution >= 0.6 is 27.5 Å². The molecule has 5 heteroatoms. The van der Waals surface area contributed by atoms with Crippen LogP contribution in [0.4, 0.5) is 8.78 Å². The van der Waals surface area contributed by atoms with E-state index in [0.717, 1.165) is 6.07 Å². The van der Waals surface area contributed by atoms with Gasteiger partial charge in [-0.05, 0) is 22.0 Å². The van der Waals surface area contributed by atoms with Crippen LogP contribution in [-0.2, 0) is 0 Å². The van der Waals surface area contributed by atoms with Gasteiger partial charge < -0.3 is 4.74 Å². The minimum atomic E-state index is -1.10. The molecule has 66 valence electrons. The summed E-state index contributed by atoms with van der Waals surface area (Å²) in [5.74, 6) is -2.01. The highest BCUT2D eigenvalue weighted by atomic mass is 79.9. The lowest BCUT2D eigenvalue weighted by Crippen LogP contribution is -1.92. The molecule has 0 amide bonds. The maximum atomic E-state index is 12.8. The third-order valence-electron chi connectivity index (χ3n) is 1.28. The van der Waals surface area contributed by atoms with Crippen LogP contribution in [0, 0.1) is 11.6 Å². The van der Waals surface area contributed by atoms with E-state index in [1.54, 1.807) is 0 Å². The lowest BCUT2D eigenvalue weighted by molar-refractivity contribution is 0.404. The Balaban J connectivity index is 3.40. The summed E-state index contributed by atoms with van der Waals surface area (Å²) in [4.78, 5) is 0. The van der Waals surface area contributed by atoms with Crippen molar-refractivity contribution >= 4 is 27.5 Å². The Morgan fingerprint density at radius 2 is 2.08 bits per heavy atom. The maximum Gasteiger partial charge on any atom is 0.181 e. The molecule has 1 nitrogen and oxygen atoms in total. The van der Waals surface area contributed by atoms with E-state index in [1.807, 2.05) is 0 Å². The molecule has 0 atom stereocenters. The lowest BCUT2D eigenvalue weighted by atomic mass is 10.3. The molecule has 0 saturated carbocycles. The van der Waals surface area contributed by atoms with Crippen LogP contribution in [0.2, 0.25) is 5.02 Å². The molecule has 0 aliphatic heterocycles. The normalized spacial score (nSPS) is 10.1. The number of ether oxygens (including phenoxy) is 1. The van der Waals surface area contributed by atoms with Crippen LogP contribution in [0.15, 0.2) is 10.5 Å². The van der Waals surface area contributed by atoms with Gasteiger partial charge in [-0.2, -0.15) is 0 Å². The van der Waals surface area contributed by atoms with Crippen LogP contribution in [0.3, 0.4) is 0 Å². The van der Waals surface area contributed by atoms with Crippen molar-refractivity contribution in [2.24, 2.45) is 0 Å². The number of hydrogen-bond acceptors (Lipinski definition) is 1. The number of benzene rings is 1. The summed E-state index contributed by atoms with van der Waals surface area (Å²) in [6.07, 6.45) is 0. The molecule has 0 heterocycles. The predicted molar refractivity (Wildman–Crippen MR) is 45.6 cm³/mol. The summed E-state index contributed by atoms with van der Waals surface area (Å²) < 4.78 is 30.4. The highest BCUT2D eigenvalue weighted by Crippen LogP contribution is 2.35. The molecule has 0 bridgehead atoms. The SMILES string of the molecule is COc1c(Br)cc(F)c(F)c1Cl. The van der Waals surface area contributed by atoms with E-state index in [2.05, 4.69) is 15.9 Å². The van der Waals surface area contributed by atoms with Crippen molar-refractivity contribution in [1.82, 2.24) is 0 Å². The molecule has 0 spiro atoms. The van der Waals surface area contributed by atoms with Crippen molar-refractivity contribution in [2.75, 3.05) is 7.11 Å². The second-order valence-corrected chi connectivity index (χ2v) is 3.23. The molecule has 0 N–H and O–H groups in total. The maximum absolute atomic E-state index is 12.8. The van der Waals surface area contributed by atoms with Gasteiger partial charge in [0.2, 0.25) is 0 Å². The van der Waals surface area contributed by atoms with Crippen LogP contribution in [0.1, 0.15) is 0 Å². The minimum absolute atomic E-state index is 0.0931. The van der Waals surface area contributed by atoms with Gasteiger partial charge in [0.15, 0.2) is 17.4 Å². The molecule has 0 radical (unpaired) electrons. The van der Waals surface area contributed by atoms with E-state index < -0.39 is 11.6 Å². The topological polar surface area (TPSA) is 9.23 Å². The Kier molecular flexibility index (Phi) is 2.90. The summed E-state index contributed by atoms with van der Waals surface area (Å²) in [5.41, 5.74) is 0. The molecule has 0 aliphatic rings. The molecule has 1 aromatic rings. The first-order valence-corrected chi connectivity index (χ1v) is 4.12. The number of hydrogen-bond donors (Lipinski definition) is 0. The number of rotatable bonds is 1. The summed E-state index contributed by atoms with van der Waals surface area (Å²) in [6, 6.07) is 0.958. The number of methoxy groups -OCH3 is 1. The van der Waals surface area contributed by atoms with Gasteiger partial charge in [-0.15, -0.1) is 0 Å². The van der Waals surface area contributed by atoms with Crippen molar-refractivity contribution in [3.63, 3.8) is 0 Å². The summed E-state index contributed by atoms with van der Waals surface area (Å²) in [5, 5.41) is -0.357. The van der Waals surface area contributed by atoms with Crippen molar-refractivity contribution in [2.45, 2.75) is 0 Å². The first kappa shape index (κ1) is 9.74. The largest absolute Gasteiger partial charge is 0.494 e. The predicted octanol–water partition coefficient (Wildman–Crippen LogP) is 3.39. The van der Waals surface area contributed by atoms with Gasteiger partial charge in [0.25, 0.3) is 0 Å². The smallest absolute Gasteiger partial charge is 0.181 e. The molecule has 0 unspecified atom stereocenters. The zero-order valence-electron chi connectivity index (χ0n) is 6.00. The quantitative estimate of drug-likeness (QED) is 0.553. The lowest BCUT2D eigenvalue weighted by Gasteiger charge is -2.06. The molecule has 0 aromatic heterocycles. The fourth-order valence-corrected chi connectivity index (χ4v) is 1.68. The molecule has 0 aliphatic carbocycles. The van der Waals surface area contributed by atoms with Gasteiger partial charge >= 0.3 is 0 Å². The third kappa shape index (κ3) is 1.54. The Morgan fingerprint density at radius 1 is 1.50 bits per heavy atom. The van der Waals surface area contributed by atoms with Crippen molar-refractivity contribution in [3.8, 4) is 5.75 Å². The van der Waals surface area contributed by atoms with E-state index in [0.29, 0.717) is 0 Å². The van der Waals surface area contributed by atoms with Crippen LogP contribution < -0.4 is 4.74 Å². The average Bonchev–Trinajstić information content (AvgIpc) is 2.01. The van der Waals surface area contributed by atoms with Gasteiger partial charge in [0, 0.05) is 0 Å². The van der Waals surface area contributed by atoms with Crippen molar-refractivity contribution in [1.29, 1.82) is 0 Å². The van der Waals surface area contributed by atoms with E-state index in [9.17, 15) is 8.78 Å². The average molecular weight is 257 g/mol. The standard InChI is InChI=1S/C7H4BrClF2O/c1-12-7-3(8)2-4(10)6(11)5(7)9/h2H,1H3. The van der Waals surface area contributed by atoms with Gasteiger partial charge in [-0.25, -0.2) is 8.78 Å². The van der Waals surface area contributed by atoms with E-state index in [-0.39, 0.29) is 15.2 Å². The number of halogens is 4. The van der Waals surface area contributed by atoms with Crippen LogP contribution in [0.25, 0.3) is 0 Å². The van der Waals surface area contributed by atoms with Gasteiger partial charge in [0.1, 0.15) is 5.02 Å². The molecule has 0 fully saturated rings. The zero-order valence-corrected chi connectivity index (χ0v) is 8.34. The van der Waals surface area contributed by atoms with Crippen molar-refractivity contribution < 1.29 is 13.5 Å². The Morgan fingerprint density at radius 3 is 2.58 bits per heavy atom. The highest BCUT2D eigenvalue weighted by Gasteiger charge is 2.15. The minimum Gasteiger partial charge on any atom is -0.494 e. The van der Waals surface area contributed by atoms with Crippen LogP contribution in [0.5, 0.6) is 5.75 Å². The fraction of sp³-hybridized carbons (Fsp3) is 0.143. The first-order chi connectivity index (χ1) is 5.57. The first-order valence-electron chi connectivity index (χ1n) is 2.95. The van der Waals surface area contributed by atoms with Crippen molar-refractivity contribution in [3.05, 3.63) is 27.2 Å². The van der Waals surface area contributed by atoms with Gasteiger partial charge in [0.05, 0.1) is 11.6 Å². The molecule has 1 aromatic carbocycles. The van der Waals surface area contributed by atoms with E-state index in [4.69, 9.17) is 16.3 Å². The second kappa shape index (κ2) is 3.58. The summed E-state index contributed by atoms with van der Waals surface area (Å²) in [6.45, 7) is 0. The zero-order chi connectivity index (χ0) is 9.30. The van der Waals surface area contributed by atoms with E-state index in [1.165, 1.54) is 7.11 Å². The molecular formula is C7H4BrClF2O. The van der Waals surface area contributed by atoms with E-state index >= 15 is 0 Å².